The highest BCUT2D eigenvalue weighted by atomic mass is 35.5. The Morgan fingerprint density at radius 3 is 1.97 bits per heavy atom. The van der Waals surface area contributed by atoms with Crippen molar-refractivity contribution in [1.29, 1.82) is 0 Å². The smallest absolute Gasteiger partial charge is 0.267 e. The molecule has 4 nitrogen and oxygen atoms in total. The van der Waals surface area contributed by atoms with E-state index >= 15 is 0 Å². The summed E-state index contributed by atoms with van der Waals surface area (Å²) in [5, 5.41) is 0.492. The van der Waals surface area contributed by atoms with Gasteiger partial charge in [0.25, 0.3) is 10.0 Å². The fourth-order valence-corrected chi connectivity index (χ4v) is 5.40. The molecule has 158 valence electrons. The van der Waals surface area contributed by atoms with Gasteiger partial charge in [-0.2, -0.15) is 0 Å². The molecule has 0 aromatic heterocycles. The molecule has 29 heavy (non-hydrogen) atoms. The standard InChI is InChI=1S/C23H30ClNO3S/c1-21(2,3)15-13-18(22(4,5)6)20-19(14-15)25(23(7,8)28-20)29(26,27)17-11-9-16(24)10-12-17/h9-14H,1-8H3. The van der Waals surface area contributed by atoms with Crippen LogP contribution in [-0.2, 0) is 20.9 Å². The van der Waals surface area contributed by atoms with Gasteiger partial charge in [-0.1, -0.05) is 59.2 Å². The quantitative estimate of drug-likeness (QED) is 0.559. The fraction of sp³-hybridized carbons (Fsp3) is 0.478. The van der Waals surface area contributed by atoms with Gasteiger partial charge in [0.2, 0.25) is 0 Å². The van der Waals surface area contributed by atoms with E-state index in [2.05, 4.69) is 47.6 Å². The van der Waals surface area contributed by atoms with E-state index in [1.54, 1.807) is 26.0 Å². The summed E-state index contributed by atoms with van der Waals surface area (Å²) in [4.78, 5) is 0.185. The minimum absolute atomic E-state index is 0.141. The highest BCUT2D eigenvalue weighted by Gasteiger charge is 2.48. The van der Waals surface area contributed by atoms with E-state index in [4.69, 9.17) is 16.3 Å². The first-order valence-electron chi connectivity index (χ1n) is 9.74. The van der Waals surface area contributed by atoms with Crippen LogP contribution in [0.4, 0.5) is 5.69 Å². The van der Waals surface area contributed by atoms with Crippen LogP contribution in [-0.4, -0.2) is 14.1 Å². The fourth-order valence-electron chi connectivity index (χ4n) is 3.57. The molecule has 0 saturated carbocycles. The van der Waals surface area contributed by atoms with Crippen molar-refractivity contribution in [3.63, 3.8) is 0 Å². The third-order valence-electron chi connectivity index (χ3n) is 5.15. The highest BCUT2D eigenvalue weighted by Crippen LogP contribution is 2.51. The monoisotopic (exact) mass is 435 g/mol. The first-order valence-corrected chi connectivity index (χ1v) is 11.6. The van der Waals surface area contributed by atoms with Crippen LogP contribution in [0.2, 0.25) is 5.02 Å². The Kier molecular flexibility index (Phi) is 5.03. The van der Waals surface area contributed by atoms with Gasteiger partial charge in [0.15, 0.2) is 11.5 Å². The lowest BCUT2D eigenvalue weighted by molar-refractivity contribution is 0.143. The molecular weight excluding hydrogens is 406 g/mol. The molecule has 0 fully saturated rings. The number of hydrogen-bond donors (Lipinski definition) is 0. The molecule has 0 unspecified atom stereocenters. The Labute approximate surface area is 179 Å². The molecule has 3 rings (SSSR count). The predicted octanol–water partition coefficient (Wildman–Crippen LogP) is 6.26. The maximum absolute atomic E-state index is 13.6. The van der Waals surface area contributed by atoms with Crippen molar-refractivity contribution >= 4 is 27.3 Å². The van der Waals surface area contributed by atoms with Crippen molar-refractivity contribution in [3.8, 4) is 5.75 Å². The lowest BCUT2D eigenvalue weighted by Gasteiger charge is -2.31. The Balaban J connectivity index is 2.32. The summed E-state index contributed by atoms with van der Waals surface area (Å²) in [7, 11) is -3.85. The van der Waals surface area contributed by atoms with E-state index in [9.17, 15) is 8.42 Å². The zero-order valence-corrected chi connectivity index (χ0v) is 20.0. The highest BCUT2D eigenvalue weighted by molar-refractivity contribution is 7.93. The zero-order valence-electron chi connectivity index (χ0n) is 18.4. The molecule has 0 atom stereocenters. The third kappa shape index (κ3) is 3.87. The first-order chi connectivity index (χ1) is 13.0. The minimum Gasteiger partial charge on any atom is -0.465 e. The number of rotatable bonds is 2. The number of ether oxygens (including phenoxy) is 1. The van der Waals surface area contributed by atoms with Gasteiger partial charge >= 0.3 is 0 Å². The Morgan fingerprint density at radius 1 is 0.931 bits per heavy atom. The van der Waals surface area contributed by atoms with Crippen LogP contribution in [0.3, 0.4) is 0 Å². The van der Waals surface area contributed by atoms with Gasteiger partial charge in [-0.05, 0) is 60.6 Å². The predicted molar refractivity (Wildman–Crippen MR) is 120 cm³/mol. The molecule has 0 bridgehead atoms. The summed E-state index contributed by atoms with van der Waals surface area (Å²) in [6, 6.07) is 10.3. The molecule has 0 amide bonds. The molecule has 2 aromatic carbocycles. The number of halogens is 1. The average molecular weight is 436 g/mol. The van der Waals surface area contributed by atoms with Crippen molar-refractivity contribution in [2.45, 2.75) is 76.8 Å². The summed E-state index contributed by atoms with van der Waals surface area (Å²) >= 11 is 5.97. The van der Waals surface area contributed by atoms with Crippen molar-refractivity contribution in [2.24, 2.45) is 0 Å². The lowest BCUT2D eigenvalue weighted by atomic mass is 9.80. The summed E-state index contributed by atoms with van der Waals surface area (Å²) in [6.07, 6.45) is 0. The third-order valence-corrected chi connectivity index (χ3v) is 7.39. The first kappa shape index (κ1) is 22.0. The van der Waals surface area contributed by atoms with Crippen molar-refractivity contribution in [3.05, 3.63) is 52.5 Å². The molecule has 0 spiro atoms. The van der Waals surface area contributed by atoms with Crippen molar-refractivity contribution in [2.75, 3.05) is 4.31 Å². The van der Waals surface area contributed by atoms with E-state index < -0.39 is 15.7 Å². The van der Waals surface area contributed by atoms with Crippen molar-refractivity contribution in [1.82, 2.24) is 0 Å². The largest absolute Gasteiger partial charge is 0.465 e. The molecule has 1 aliphatic heterocycles. The van der Waals surface area contributed by atoms with Gasteiger partial charge in [0.05, 0.1) is 10.6 Å². The second-order valence-corrected chi connectivity index (χ2v) is 12.4. The Bertz CT molecular complexity index is 1040. The van der Waals surface area contributed by atoms with Gasteiger partial charge < -0.3 is 4.74 Å². The van der Waals surface area contributed by atoms with Crippen LogP contribution in [0.25, 0.3) is 0 Å². The van der Waals surface area contributed by atoms with E-state index in [0.717, 1.165) is 11.1 Å². The molecule has 2 aromatic rings. The number of sulfonamides is 1. The van der Waals surface area contributed by atoms with Gasteiger partial charge in [-0.3, -0.25) is 0 Å². The van der Waals surface area contributed by atoms with Gasteiger partial charge in [0.1, 0.15) is 0 Å². The van der Waals surface area contributed by atoms with Crippen LogP contribution < -0.4 is 9.04 Å². The summed E-state index contributed by atoms with van der Waals surface area (Å²) in [5.41, 5.74) is 1.25. The maximum atomic E-state index is 13.6. The molecule has 0 aliphatic carbocycles. The van der Waals surface area contributed by atoms with E-state index in [0.29, 0.717) is 16.5 Å². The SMILES string of the molecule is CC(C)(C)c1cc2c(c(C(C)(C)C)c1)OC(C)(C)N2S(=O)(=O)c1ccc(Cl)cc1. The molecule has 1 aliphatic rings. The molecule has 0 saturated heterocycles. The van der Waals surface area contributed by atoms with Crippen LogP contribution in [0.1, 0.15) is 66.5 Å². The van der Waals surface area contributed by atoms with Crippen LogP contribution in [0.15, 0.2) is 41.3 Å². The van der Waals surface area contributed by atoms with Crippen molar-refractivity contribution < 1.29 is 13.2 Å². The average Bonchev–Trinajstić information content (AvgIpc) is 2.82. The Hall–Kier alpha value is -1.72. The summed E-state index contributed by atoms with van der Waals surface area (Å²) in [5.74, 6) is 0.632. The molecule has 6 heteroatoms. The van der Waals surface area contributed by atoms with Gasteiger partial charge in [-0.25, -0.2) is 12.7 Å². The topological polar surface area (TPSA) is 46.6 Å². The second kappa shape index (κ2) is 6.64. The Morgan fingerprint density at radius 2 is 1.48 bits per heavy atom. The van der Waals surface area contributed by atoms with E-state index in [-0.39, 0.29) is 15.7 Å². The lowest BCUT2D eigenvalue weighted by Crippen LogP contribution is -2.47. The molecular formula is C23H30ClNO3S. The van der Waals surface area contributed by atoms with Crippen LogP contribution in [0.5, 0.6) is 5.75 Å². The number of fused-ring (bicyclic) bond motifs is 1. The second-order valence-electron chi connectivity index (χ2n) is 10.1. The summed E-state index contributed by atoms with van der Waals surface area (Å²) in [6.45, 7) is 16.3. The van der Waals surface area contributed by atoms with Gasteiger partial charge in [0, 0.05) is 10.6 Å². The number of hydrogen-bond acceptors (Lipinski definition) is 3. The van der Waals surface area contributed by atoms with E-state index in [1.165, 1.54) is 16.4 Å². The van der Waals surface area contributed by atoms with E-state index in [1.807, 2.05) is 6.07 Å². The van der Waals surface area contributed by atoms with Crippen LogP contribution in [0, 0.1) is 0 Å². The molecule has 0 N–H and O–H groups in total. The summed E-state index contributed by atoms with van der Waals surface area (Å²) < 4.78 is 35.0. The number of benzene rings is 2. The number of nitrogens with zero attached hydrogens (tertiary/aromatic N) is 1. The van der Waals surface area contributed by atoms with Crippen LogP contribution >= 0.6 is 11.6 Å². The minimum atomic E-state index is -3.85. The number of anilines is 1. The maximum Gasteiger partial charge on any atom is 0.267 e. The molecule has 1 heterocycles. The van der Waals surface area contributed by atoms with Gasteiger partial charge in [-0.15, -0.1) is 0 Å². The normalized spacial score (nSPS) is 16.5. The zero-order chi connectivity index (χ0) is 22.0. The molecule has 0 radical (unpaired) electrons.